The number of rotatable bonds is 7. The summed E-state index contributed by atoms with van der Waals surface area (Å²) >= 11 is 6.10. The minimum absolute atomic E-state index is 0.0849. The highest BCUT2D eigenvalue weighted by atomic mass is 35.5. The third-order valence-corrected chi connectivity index (χ3v) is 5.35. The topological polar surface area (TPSA) is 61.9 Å². The van der Waals surface area contributed by atoms with Crippen molar-refractivity contribution < 1.29 is 18.7 Å². The summed E-state index contributed by atoms with van der Waals surface area (Å²) in [6.45, 7) is 4.85. The van der Waals surface area contributed by atoms with Crippen molar-refractivity contribution in [3.63, 3.8) is 0 Å². The Labute approximate surface area is 180 Å². The van der Waals surface area contributed by atoms with Crippen LogP contribution < -0.4 is 10.1 Å². The number of ether oxygens (including phenoxy) is 1. The van der Waals surface area contributed by atoms with E-state index in [4.69, 9.17) is 16.3 Å². The summed E-state index contributed by atoms with van der Waals surface area (Å²) in [5.41, 5.74) is 0.873. The summed E-state index contributed by atoms with van der Waals surface area (Å²) in [6, 6.07) is 11.6. The zero-order valence-electron chi connectivity index (χ0n) is 16.9. The minimum atomic E-state index is -0.347. The number of halogens is 2. The lowest BCUT2D eigenvalue weighted by Crippen LogP contribution is -2.50. The summed E-state index contributed by atoms with van der Waals surface area (Å²) in [6.07, 6.45) is 0. The van der Waals surface area contributed by atoms with Crippen molar-refractivity contribution in [3.8, 4) is 5.75 Å². The molecular weight excluding hydrogens is 409 g/mol. The highest BCUT2D eigenvalue weighted by Gasteiger charge is 2.23. The van der Waals surface area contributed by atoms with Crippen molar-refractivity contribution in [1.29, 1.82) is 0 Å². The number of carbonyl (C=O) groups is 2. The SMILES string of the molecule is CCOc1ccccc1C(=O)NCC(=O)N1CCN(Cc2c(F)cccc2Cl)CC1. The number of carbonyl (C=O) groups excluding carboxylic acids is 2. The third kappa shape index (κ3) is 5.49. The second kappa shape index (κ2) is 10.4. The first-order valence-electron chi connectivity index (χ1n) is 9.92. The molecule has 1 N–H and O–H groups in total. The molecule has 160 valence electrons. The number of hydrogen-bond donors (Lipinski definition) is 1. The van der Waals surface area contributed by atoms with E-state index in [2.05, 4.69) is 10.2 Å². The first-order chi connectivity index (χ1) is 14.5. The van der Waals surface area contributed by atoms with Crippen molar-refractivity contribution in [2.24, 2.45) is 0 Å². The quantitative estimate of drug-likeness (QED) is 0.729. The van der Waals surface area contributed by atoms with Crippen LogP contribution in [-0.4, -0.2) is 60.9 Å². The molecule has 2 aromatic rings. The van der Waals surface area contributed by atoms with Gasteiger partial charge in [0.2, 0.25) is 5.91 Å². The molecule has 0 spiro atoms. The Morgan fingerprint density at radius 1 is 1.10 bits per heavy atom. The molecule has 2 aromatic carbocycles. The van der Waals surface area contributed by atoms with Crippen molar-refractivity contribution in [1.82, 2.24) is 15.1 Å². The van der Waals surface area contributed by atoms with Crippen LogP contribution in [0.15, 0.2) is 42.5 Å². The first kappa shape index (κ1) is 22.1. The molecule has 6 nitrogen and oxygen atoms in total. The molecule has 0 unspecified atom stereocenters. The van der Waals surface area contributed by atoms with Crippen LogP contribution >= 0.6 is 11.6 Å². The van der Waals surface area contributed by atoms with Crippen LogP contribution in [-0.2, 0) is 11.3 Å². The van der Waals surface area contributed by atoms with E-state index in [1.807, 2.05) is 6.92 Å². The van der Waals surface area contributed by atoms with Gasteiger partial charge in [0.05, 0.1) is 18.7 Å². The van der Waals surface area contributed by atoms with Gasteiger partial charge >= 0.3 is 0 Å². The Balaban J connectivity index is 1.48. The van der Waals surface area contributed by atoms with Crippen LogP contribution in [0.3, 0.4) is 0 Å². The maximum absolute atomic E-state index is 14.0. The predicted octanol–water partition coefficient (Wildman–Crippen LogP) is 2.95. The third-order valence-electron chi connectivity index (χ3n) is 5.00. The summed E-state index contributed by atoms with van der Waals surface area (Å²) in [5, 5.41) is 3.08. The maximum atomic E-state index is 14.0. The Morgan fingerprint density at radius 2 is 1.83 bits per heavy atom. The van der Waals surface area contributed by atoms with Gasteiger partial charge in [-0.15, -0.1) is 0 Å². The molecule has 3 rings (SSSR count). The Bertz CT molecular complexity index is 881. The zero-order valence-corrected chi connectivity index (χ0v) is 17.6. The van der Waals surface area contributed by atoms with Crippen LogP contribution in [0.1, 0.15) is 22.8 Å². The van der Waals surface area contributed by atoms with Crippen molar-refractivity contribution in [3.05, 3.63) is 64.4 Å². The van der Waals surface area contributed by atoms with Crippen molar-refractivity contribution in [2.75, 3.05) is 39.3 Å². The summed E-state index contributed by atoms with van der Waals surface area (Å²) < 4.78 is 19.4. The lowest BCUT2D eigenvalue weighted by molar-refractivity contribution is -0.131. The number of para-hydroxylation sites is 1. The van der Waals surface area contributed by atoms with E-state index in [0.717, 1.165) is 0 Å². The van der Waals surface area contributed by atoms with E-state index in [9.17, 15) is 14.0 Å². The van der Waals surface area contributed by atoms with Gasteiger partial charge < -0.3 is 15.0 Å². The van der Waals surface area contributed by atoms with Gasteiger partial charge in [0.15, 0.2) is 0 Å². The zero-order chi connectivity index (χ0) is 21.5. The van der Waals surface area contributed by atoms with Gasteiger partial charge in [0.25, 0.3) is 5.91 Å². The molecule has 0 aliphatic carbocycles. The number of nitrogens with one attached hydrogen (secondary N) is 1. The average Bonchev–Trinajstić information content (AvgIpc) is 2.75. The lowest BCUT2D eigenvalue weighted by Gasteiger charge is -2.35. The summed E-state index contributed by atoms with van der Waals surface area (Å²) in [4.78, 5) is 28.7. The summed E-state index contributed by atoms with van der Waals surface area (Å²) in [5.74, 6) is -0.331. The monoisotopic (exact) mass is 433 g/mol. The fourth-order valence-electron chi connectivity index (χ4n) is 3.36. The van der Waals surface area contributed by atoms with E-state index < -0.39 is 0 Å². The highest BCUT2D eigenvalue weighted by Crippen LogP contribution is 2.21. The molecule has 1 aliphatic heterocycles. The average molecular weight is 434 g/mol. The molecule has 0 atom stereocenters. The van der Waals surface area contributed by atoms with Gasteiger partial charge in [-0.25, -0.2) is 4.39 Å². The molecule has 1 heterocycles. The Kier molecular flexibility index (Phi) is 7.65. The minimum Gasteiger partial charge on any atom is -0.493 e. The summed E-state index contributed by atoms with van der Waals surface area (Å²) in [7, 11) is 0. The molecule has 1 fully saturated rings. The van der Waals surface area contributed by atoms with Crippen LogP contribution in [0.25, 0.3) is 0 Å². The molecular formula is C22H25ClFN3O3. The molecule has 30 heavy (non-hydrogen) atoms. The molecule has 8 heteroatoms. The van der Waals surface area contributed by atoms with Gasteiger partial charge in [-0.2, -0.15) is 0 Å². The molecule has 0 aromatic heterocycles. The molecule has 1 saturated heterocycles. The van der Waals surface area contributed by atoms with E-state index in [-0.39, 0.29) is 24.2 Å². The fraction of sp³-hybridized carbons (Fsp3) is 0.364. The number of benzene rings is 2. The van der Waals surface area contributed by atoms with Crippen LogP contribution in [0.5, 0.6) is 5.75 Å². The first-order valence-corrected chi connectivity index (χ1v) is 10.3. The van der Waals surface area contributed by atoms with Gasteiger partial charge in [-0.05, 0) is 31.2 Å². The fourth-order valence-corrected chi connectivity index (χ4v) is 3.58. The van der Waals surface area contributed by atoms with Crippen molar-refractivity contribution >= 4 is 23.4 Å². The second-order valence-electron chi connectivity index (χ2n) is 6.97. The normalized spacial score (nSPS) is 14.4. The predicted molar refractivity (Wildman–Crippen MR) is 113 cm³/mol. The van der Waals surface area contributed by atoms with Crippen LogP contribution in [0, 0.1) is 5.82 Å². The molecule has 0 bridgehead atoms. The number of piperazine rings is 1. The highest BCUT2D eigenvalue weighted by molar-refractivity contribution is 6.31. The number of hydrogen-bond acceptors (Lipinski definition) is 4. The van der Waals surface area contributed by atoms with E-state index in [1.54, 1.807) is 41.3 Å². The van der Waals surface area contributed by atoms with Gasteiger partial charge in [0.1, 0.15) is 11.6 Å². The Hall–Kier alpha value is -2.64. The molecule has 2 amide bonds. The van der Waals surface area contributed by atoms with Crippen LogP contribution in [0.4, 0.5) is 4.39 Å². The smallest absolute Gasteiger partial charge is 0.255 e. The van der Waals surface area contributed by atoms with Gasteiger partial charge in [0, 0.05) is 43.3 Å². The van der Waals surface area contributed by atoms with E-state index in [0.29, 0.717) is 61.2 Å². The largest absolute Gasteiger partial charge is 0.493 e. The van der Waals surface area contributed by atoms with Crippen LogP contribution in [0.2, 0.25) is 5.02 Å². The van der Waals surface area contributed by atoms with E-state index >= 15 is 0 Å². The van der Waals surface area contributed by atoms with Gasteiger partial charge in [-0.1, -0.05) is 29.8 Å². The number of amides is 2. The lowest BCUT2D eigenvalue weighted by atomic mass is 10.1. The van der Waals surface area contributed by atoms with Gasteiger partial charge in [-0.3, -0.25) is 14.5 Å². The van der Waals surface area contributed by atoms with Crippen molar-refractivity contribution in [2.45, 2.75) is 13.5 Å². The molecule has 0 radical (unpaired) electrons. The molecule has 1 aliphatic rings. The standard InChI is InChI=1S/C22H25ClFN3O3/c1-2-30-20-9-4-3-6-16(20)22(29)25-14-21(28)27-12-10-26(11-13-27)15-17-18(23)7-5-8-19(17)24/h3-9H,2,10-15H2,1H3,(H,25,29). The molecule has 0 saturated carbocycles. The maximum Gasteiger partial charge on any atom is 0.255 e. The van der Waals surface area contributed by atoms with E-state index in [1.165, 1.54) is 6.07 Å². The number of nitrogens with zero attached hydrogens (tertiary/aromatic N) is 2. The second-order valence-corrected chi connectivity index (χ2v) is 7.38. The Morgan fingerprint density at radius 3 is 2.53 bits per heavy atom.